The van der Waals surface area contributed by atoms with Crippen LogP contribution < -0.4 is 5.32 Å². The second-order valence-electron chi connectivity index (χ2n) is 6.28. The summed E-state index contributed by atoms with van der Waals surface area (Å²) < 4.78 is 43.9. The summed E-state index contributed by atoms with van der Waals surface area (Å²) in [6.45, 7) is 4.11. The number of hydrogen-bond donors (Lipinski definition) is 1. The van der Waals surface area contributed by atoms with Crippen LogP contribution in [0, 0.1) is 0 Å². The predicted octanol–water partition coefficient (Wildman–Crippen LogP) is 3.26. The van der Waals surface area contributed by atoms with E-state index in [1.54, 1.807) is 24.5 Å². The summed E-state index contributed by atoms with van der Waals surface area (Å²) in [5, 5.41) is 3.40. The molecule has 3 rings (SSSR count). The molecule has 1 saturated heterocycles. The Labute approximate surface area is 151 Å². The Morgan fingerprint density at radius 1 is 1.12 bits per heavy atom. The van der Waals surface area contributed by atoms with E-state index < -0.39 is 11.7 Å². The van der Waals surface area contributed by atoms with Crippen LogP contribution in [0.15, 0.2) is 48.8 Å². The largest absolute Gasteiger partial charge is 0.416 e. The number of ether oxygens (including phenoxy) is 1. The Kier molecular flexibility index (Phi) is 6.24. The highest BCUT2D eigenvalue weighted by Crippen LogP contribution is 2.31. The monoisotopic (exact) mass is 365 g/mol. The molecule has 1 unspecified atom stereocenters. The van der Waals surface area contributed by atoms with Gasteiger partial charge in [0.05, 0.1) is 18.8 Å². The van der Waals surface area contributed by atoms with Gasteiger partial charge in [-0.15, -0.1) is 0 Å². The Bertz CT molecular complexity index is 671. The number of hydrogen-bond acceptors (Lipinski definition) is 4. The molecule has 1 N–H and O–H groups in total. The summed E-state index contributed by atoms with van der Waals surface area (Å²) in [7, 11) is 0. The van der Waals surface area contributed by atoms with Crippen LogP contribution in [0.25, 0.3) is 0 Å². The van der Waals surface area contributed by atoms with Crippen molar-refractivity contribution < 1.29 is 17.9 Å². The molecule has 1 aliphatic heterocycles. The van der Waals surface area contributed by atoms with Gasteiger partial charge in [-0.05, 0) is 29.3 Å². The van der Waals surface area contributed by atoms with Crippen LogP contribution in [0.2, 0.25) is 0 Å². The molecule has 0 amide bonds. The van der Waals surface area contributed by atoms with E-state index in [0.29, 0.717) is 26.3 Å². The summed E-state index contributed by atoms with van der Waals surface area (Å²) in [4.78, 5) is 6.34. The average Bonchev–Trinajstić information content (AvgIpc) is 2.66. The molecule has 1 aromatic carbocycles. The highest BCUT2D eigenvalue weighted by molar-refractivity contribution is 5.27. The molecule has 4 nitrogen and oxygen atoms in total. The quantitative estimate of drug-likeness (QED) is 0.853. The SMILES string of the molecule is FC(F)(F)c1ccc(C(CNCc2cccnc2)N2CCOCC2)cc1. The predicted molar refractivity (Wildman–Crippen MR) is 92.5 cm³/mol. The Hall–Kier alpha value is -1.96. The third-order valence-electron chi connectivity index (χ3n) is 4.50. The summed E-state index contributed by atoms with van der Waals surface area (Å²) in [6.07, 6.45) is -0.789. The zero-order valence-electron chi connectivity index (χ0n) is 14.4. The summed E-state index contributed by atoms with van der Waals surface area (Å²) in [5.74, 6) is 0. The van der Waals surface area contributed by atoms with Gasteiger partial charge in [0.2, 0.25) is 0 Å². The average molecular weight is 365 g/mol. The van der Waals surface area contributed by atoms with Crippen molar-refractivity contribution in [1.29, 1.82) is 0 Å². The van der Waals surface area contributed by atoms with Crippen LogP contribution in [0.4, 0.5) is 13.2 Å². The number of nitrogens with one attached hydrogen (secondary N) is 1. The topological polar surface area (TPSA) is 37.4 Å². The molecule has 0 saturated carbocycles. The lowest BCUT2D eigenvalue weighted by Crippen LogP contribution is -2.42. The lowest BCUT2D eigenvalue weighted by Gasteiger charge is -2.35. The van der Waals surface area contributed by atoms with Gasteiger partial charge in [-0.1, -0.05) is 18.2 Å². The summed E-state index contributed by atoms with van der Waals surface area (Å²) in [5.41, 5.74) is 1.32. The van der Waals surface area contributed by atoms with E-state index in [1.165, 1.54) is 0 Å². The molecule has 140 valence electrons. The second-order valence-corrected chi connectivity index (χ2v) is 6.28. The fourth-order valence-corrected chi connectivity index (χ4v) is 3.10. The minimum Gasteiger partial charge on any atom is -0.379 e. The number of aromatic nitrogens is 1. The van der Waals surface area contributed by atoms with E-state index in [4.69, 9.17) is 4.74 Å². The first kappa shape index (κ1) is 18.8. The van der Waals surface area contributed by atoms with Crippen molar-refractivity contribution in [3.63, 3.8) is 0 Å². The van der Waals surface area contributed by atoms with E-state index in [0.717, 1.165) is 36.3 Å². The lowest BCUT2D eigenvalue weighted by atomic mass is 10.0. The molecule has 0 aliphatic carbocycles. The first-order valence-corrected chi connectivity index (χ1v) is 8.62. The number of halogens is 3. The fraction of sp³-hybridized carbons (Fsp3) is 0.421. The van der Waals surface area contributed by atoms with Crippen LogP contribution in [0.3, 0.4) is 0 Å². The maximum absolute atomic E-state index is 12.8. The lowest BCUT2D eigenvalue weighted by molar-refractivity contribution is -0.137. The van der Waals surface area contributed by atoms with E-state index in [9.17, 15) is 13.2 Å². The fourth-order valence-electron chi connectivity index (χ4n) is 3.10. The van der Waals surface area contributed by atoms with Gasteiger partial charge in [0, 0.05) is 44.6 Å². The van der Waals surface area contributed by atoms with Crippen LogP contribution in [-0.2, 0) is 17.5 Å². The molecule has 0 spiro atoms. The third kappa shape index (κ3) is 5.03. The molecule has 26 heavy (non-hydrogen) atoms. The van der Waals surface area contributed by atoms with E-state index in [-0.39, 0.29) is 6.04 Å². The summed E-state index contributed by atoms with van der Waals surface area (Å²) >= 11 is 0. The van der Waals surface area contributed by atoms with Crippen LogP contribution in [0.1, 0.15) is 22.7 Å². The van der Waals surface area contributed by atoms with Crippen molar-refractivity contribution in [2.24, 2.45) is 0 Å². The van der Waals surface area contributed by atoms with E-state index in [1.807, 2.05) is 12.1 Å². The summed E-state index contributed by atoms with van der Waals surface area (Å²) in [6, 6.07) is 9.34. The van der Waals surface area contributed by atoms with Crippen molar-refractivity contribution in [3.8, 4) is 0 Å². The van der Waals surface area contributed by atoms with Crippen LogP contribution in [0.5, 0.6) is 0 Å². The van der Waals surface area contributed by atoms with Gasteiger partial charge < -0.3 is 10.1 Å². The molecular weight excluding hydrogens is 343 g/mol. The molecule has 1 fully saturated rings. The molecule has 1 atom stereocenters. The maximum atomic E-state index is 12.8. The molecular formula is C19H22F3N3O. The standard InChI is InChI=1S/C19H22F3N3O/c20-19(21,22)17-5-3-16(4-6-17)18(25-8-10-26-11-9-25)14-24-13-15-2-1-7-23-12-15/h1-7,12,18,24H,8-11,13-14H2. The van der Waals surface area contributed by atoms with Gasteiger partial charge in [0.15, 0.2) is 0 Å². The molecule has 1 aliphatic rings. The van der Waals surface area contributed by atoms with Gasteiger partial charge in [-0.2, -0.15) is 13.2 Å². The van der Waals surface area contributed by atoms with E-state index >= 15 is 0 Å². The highest BCUT2D eigenvalue weighted by atomic mass is 19.4. The van der Waals surface area contributed by atoms with Gasteiger partial charge in [-0.25, -0.2) is 0 Å². The third-order valence-corrected chi connectivity index (χ3v) is 4.50. The zero-order chi connectivity index (χ0) is 18.4. The first-order chi connectivity index (χ1) is 12.5. The minimum absolute atomic E-state index is 0.00199. The number of rotatable bonds is 6. The highest BCUT2D eigenvalue weighted by Gasteiger charge is 2.31. The van der Waals surface area contributed by atoms with Gasteiger partial charge in [0.1, 0.15) is 0 Å². The van der Waals surface area contributed by atoms with Crippen molar-refractivity contribution >= 4 is 0 Å². The van der Waals surface area contributed by atoms with Crippen molar-refractivity contribution in [2.75, 3.05) is 32.8 Å². The van der Waals surface area contributed by atoms with E-state index in [2.05, 4.69) is 15.2 Å². The van der Waals surface area contributed by atoms with Crippen molar-refractivity contribution in [2.45, 2.75) is 18.8 Å². The first-order valence-electron chi connectivity index (χ1n) is 8.62. The Balaban J connectivity index is 1.70. The molecule has 7 heteroatoms. The van der Waals surface area contributed by atoms with Gasteiger partial charge in [-0.3, -0.25) is 9.88 Å². The van der Waals surface area contributed by atoms with Gasteiger partial charge >= 0.3 is 6.18 Å². The molecule has 1 aromatic heterocycles. The number of morpholine rings is 1. The number of benzene rings is 1. The maximum Gasteiger partial charge on any atom is 0.416 e. The minimum atomic E-state index is -4.31. The number of pyridine rings is 1. The normalized spacial score (nSPS) is 17.2. The number of alkyl halides is 3. The molecule has 0 radical (unpaired) electrons. The molecule has 2 aromatic rings. The van der Waals surface area contributed by atoms with Crippen LogP contribution in [-0.4, -0.2) is 42.7 Å². The molecule has 0 bridgehead atoms. The van der Waals surface area contributed by atoms with Crippen LogP contribution >= 0.6 is 0 Å². The van der Waals surface area contributed by atoms with Gasteiger partial charge in [0.25, 0.3) is 0 Å². The van der Waals surface area contributed by atoms with Crippen molar-refractivity contribution in [3.05, 3.63) is 65.5 Å². The molecule has 2 heterocycles. The zero-order valence-corrected chi connectivity index (χ0v) is 14.4. The Morgan fingerprint density at radius 2 is 1.85 bits per heavy atom. The number of nitrogens with zero attached hydrogens (tertiary/aromatic N) is 2. The smallest absolute Gasteiger partial charge is 0.379 e. The second kappa shape index (κ2) is 8.62. The van der Waals surface area contributed by atoms with Crippen molar-refractivity contribution in [1.82, 2.24) is 15.2 Å². The Morgan fingerprint density at radius 3 is 2.46 bits per heavy atom.